The van der Waals surface area contributed by atoms with Crippen LogP contribution in [0.25, 0.3) is 0 Å². The average molecular weight is 1820 g/mol. The van der Waals surface area contributed by atoms with Crippen LogP contribution in [0.4, 0.5) is 0 Å². The molecule has 0 bridgehead atoms. The Morgan fingerprint density at radius 2 is 0.516 bits per heavy atom. The normalized spacial score (nSPS) is 30.6. The molecule has 13 rings (SSSR count). The van der Waals surface area contributed by atoms with Crippen LogP contribution in [0, 0.1) is 0 Å². The summed E-state index contributed by atoms with van der Waals surface area (Å²) in [6.45, 7) is -4.14. The molecule has 704 valence electrons. The highest BCUT2D eigenvalue weighted by molar-refractivity contribution is 7.80. The Bertz CT molecular complexity index is 4340. The van der Waals surface area contributed by atoms with Gasteiger partial charge in [0, 0.05) is 123 Å². The minimum Gasteiger partial charge on any atom is -0.480 e. The van der Waals surface area contributed by atoms with Gasteiger partial charge in [0.15, 0.2) is 0 Å². The molecule has 20 atom stereocenters. The van der Waals surface area contributed by atoms with Crippen molar-refractivity contribution in [1.29, 1.82) is 0 Å². The molecule has 0 aromatic carbocycles. The molecule has 47 nitrogen and oxygen atoms in total. The number of thiol groups is 1. The van der Waals surface area contributed by atoms with E-state index in [1.54, 1.807) is 0 Å². The van der Waals surface area contributed by atoms with Gasteiger partial charge in [-0.25, -0.2) is 4.79 Å². The van der Waals surface area contributed by atoms with Gasteiger partial charge in [0.25, 0.3) is 0 Å². The predicted octanol–water partition coefficient (Wildman–Crippen LogP) is -12.3. The van der Waals surface area contributed by atoms with Gasteiger partial charge in [-0.2, -0.15) is 12.6 Å². The zero-order valence-electron chi connectivity index (χ0n) is 70.9. The minimum absolute atomic E-state index is 0.0250. The molecule has 128 heavy (non-hydrogen) atoms. The van der Waals surface area contributed by atoms with Crippen LogP contribution < -0.4 is 42.5 Å². The fraction of sp³-hybridized carbons (Fsp3) is 0.750. The van der Waals surface area contributed by atoms with Crippen molar-refractivity contribution in [2.75, 3.05) is 130 Å². The van der Waals surface area contributed by atoms with Gasteiger partial charge in [-0.05, 0) is 96.4 Å². The maximum absolute atomic E-state index is 14.4. The second-order valence-corrected chi connectivity index (χ2v) is 35.7. The van der Waals surface area contributed by atoms with Crippen LogP contribution in [0.3, 0.4) is 0 Å². The molecule has 19 amide bonds. The highest BCUT2D eigenvalue weighted by atomic mass is 32.1. The summed E-state index contributed by atoms with van der Waals surface area (Å²) in [6.07, 6.45) is -3.40. The maximum Gasteiger partial charge on any atom is 0.326 e. The van der Waals surface area contributed by atoms with Crippen LogP contribution in [0.15, 0.2) is 0 Å². The van der Waals surface area contributed by atoms with Crippen molar-refractivity contribution >= 4 is 131 Å². The molecule has 13 heterocycles. The Labute approximate surface area is 740 Å². The van der Waals surface area contributed by atoms with Crippen LogP contribution in [0.2, 0.25) is 0 Å². The summed E-state index contributed by atoms with van der Waals surface area (Å²) in [5.41, 5.74) is 0. The van der Waals surface area contributed by atoms with E-state index in [2.05, 4.69) is 55.2 Å². The zero-order chi connectivity index (χ0) is 92.0. The molecular weight excluding hydrogens is 1710 g/mol. The summed E-state index contributed by atoms with van der Waals surface area (Å²) in [5, 5.41) is 94.2. The summed E-state index contributed by atoms with van der Waals surface area (Å²) in [5.74, 6) is -15.0. The number of aliphatic hydroxyl groups is 6. The fourth-order valence-corrected chi connectivity index (χ4v) is 20.8. The van der Waals surface area contributed by atoms with Gasteiger partial charge in [-0.3, -0.25) is 91.1 Å². The molecule has 0 unspecified atom stereocenters. The maximum atomic E-state index is 14.4. The largest absolute Gasteiger partial charge is 0.480 e. The highest BCUT2D eigenvalue weighted by Gasteiger charge is 2.53. The van der Waals surface area contributed by atoms with Gasteiger partial charge < -0.3 is 137 Å². The van der Waals surface area contributed by atoms with Crippen LogP contribution in [0.1, 0.15) is 128 Å². The Balaban J connectivity index is 0.528. The minimum atomic E-state index is -1.36. The van der Waals surface area contributed by atoms with E-state index >= 15 is 0 Å². The molecule has 0 spiro atoms. The summed E-state index contributed by atoms with van der Waals surface area (Å²) in [7, 11) is 0. The number of carboxylic acid groups (broad SMARTS) is 1. The molecule has 0 aliphatic carbocycles. The number of aliphatic hydroxyl groups excluding tert-OH is 6. The number of nitrogens with zero attached hydrogens (tertiary/aromatic N) is 12. The quantitative estimate of drug-likeness (QED) is 0.0324. The first-order valence-corrected chi connectivity index (χ1v) is 45.0. The molecule has 48 heteroatoms. The first kappa shape index (κ1) is 95.1. The number of aliphatic carboxylic acids is 1. The summed E-state index contributed by atoms with van der Waals surface area (Å²) in [6, 6.07) is -16.0. The van der Waals surface area contributed by atoms with Gasteiger partial charge in [-0.15, -0.1) is 0 Å². The Hall–Kier alpha value is -10.5. The van der Waals surface area contributed by atoms with Crippen molar-refractivity contribution in [2.24, 2.45) is 0 Å². The van der Waals surface area contributed by atoms with E-state index in [1.807, 2.05) is 0 Å². The molecular formula is C80H116N20O27S. The highest BCUT2D eigenvalue weighted by Crippen LogP contribution is 2.34. The number of hydrogen-bond donors (Lipinski definition) is 16. The lowest BCUT2D eigenvalue weighted by atomic mass is 10.1. The molecule has 0 saturated carbocycles. The third-order valence-electron chi connectivity index (χ3n) is 27.0. The number of rotatable bonds is 28. The van der Waals surface area contributed by atoms with Crippen molar-refractivity contribution in [3.8, 4) is 0 Å². The number of β-amino-alcohol motifs (C(OH)–C–C–N with tert-alkyl or cyclic N) is 6. The van der Waals surface area contributed by atoms with Crippen LogP contribution in [-0.4, -0.2) is 464 Å². The van der Waals surface area contributed by atoms with Gasteiger partial charge in [-0.1, -0.05) is 0 Å². The summed E-state index contributed by atoms with van der Waals surface area (Å²) < 4.78 is 0. The number of hydrogen-bond acceptors (Lipinski definition) is 28. The number of nitrogens with one attached hydrogen (secondary N) is 8. The monoisotopic (exact) mass is 1820 g/mol. The molecule has 0 aromatic heterocycles. The number of carboxylic acids is 1. The predicted molar refractivity (Wildman–Crippen MR) is 438 cm³/mol. The van der Waals surface area contributed by atoms with Crippen molar-refractivity contribution in [2.45, 2.75) is 250 Å². The van der Waals surface area contributed by atoms with E-state index in [-0.39, 0.29) is 167 Å². The van der Waals surface area contributed by atoms with Crippen molar-refractivity contribution in [1.82, 2.24) is 101 Å². The first-order valence-electron chi connectivity index (χ1n) is 44.3. The number of amides is 19. The van der Waals surface area contributed by atoms with E-state index < -0.39 is 273 Å². The Morgan fingerprint density at radius 1 is 0.281 bits per heavy atom. The van der Waals surface area contributed by atoms with E-state index in [1.165, 1.54) is 34.3 Å². The summed E-state index contributed by atoms with van der Waals surface area (Å²) in [4.78, 5) is 289. The number of likely N-dealkylation sites (tertiary alicyclic amines) is 12. The van der Waals surface area contributed by atoms with Gasteiger partial charge in [0.1, 0.15) is 78.5 Å². The molecule has 13 aliphatic heterocycles. The molecule has 13 saturated heterocycles. The molecule has 0 aromatic rings. The lowest BCUT2D eigenvalue weighted by Crippen LogP contribution is -2.57. The zero-order valence-corrected chi connectivity index (χ0v) is 71.8. The van der Waals surface area contributed by atoms with Gasteiger partial charge >= 0.3 is 5.97 Å². The SMILES string of the molecule is O=C(NCC(=O)N1CCC[C@H]1C(=O)N1C[C@H](O)C[C@H]1C(=O)NCC(=O)N1CCC[C@H]1C(=O)N1C[C@H](O)C[C@H]1C(=O)O)[C@H](CS)NC(=O)[C@@H]1CCCN1C(=O)CNC(=O)[C@@H]1C[C@@H](O)CN1C(=O)[C@@H]1CCCN1C(=O)CNC(=O)[C@@H]1C[C@@H](O)CN1C(=O)[C@@H]1CCCN1C(=O)CNC(=O)[C@@H]1C[C@@H](O)CN1C(=O)[C@@H]1CCCN1C(=O)CNC(=O)[C@@H]1C[C@@H](O)CN1C(=O)[C@@H]1CCCN1. The van der Waals surface area contributed by atoms with Crippen molar-refractivity contribution < 1.29 is 132 Å². The number of carbonyl (C=O) groups is 20. The van der Waals surface area contributed by atoms with Crippen LogP contribution in [0.5, 0.6) is 0 Å². The average Bonchev–Trinajstić information content (AvgIpc) is 1.65. The topological polar surface area (TPSA) is 618 Å². The molecule has 13 fully saturated rings. The summed E-state index contributed by atoms with van der Waals surface area (Å²) >= 11 is 4.26. The third-order valence-corrected chi connectivity index (χ3v) is 27.4. The fourth-order valence-electron chi connectivity index (χ4n) is 20.6. The van der Waals surface area contributed by atoms with Gasteiger partial charge in [0.2, 0.25) is 112 Å². The van der Waals surface area contributed by atoms with E-state index in [0.29, 0.717) is 51.5 Å². The molecule has 13 aliphatic rings. The van der Waals surface area contributed by atoms with E-state index in [4.69, 9.17) is 0 Å². The first-order chi connectivity index (χ1) is 61.1. The van der Waals surface area contributed by atoms with E-state index in [9.17, 15) is 132 Å². The van der Waals surface area contributed by atoms with Crippen molar-refractivity contribution in [3.05, 3.63) is 0 Å². The van der Waals surface area contributed by atoms with Gasteiger partial charge in [0.05, 0.1) is 81.9 Å². The van der Waals surface area contributed by atoms with Crippen LogP contribution in [-0.2, 0) is 95.9 Å². The Morgan fingerprint density at radius 3 is 0.766 bits per heavy atom. The molecule has 0 radical (unpaired) electrons. The second kappa shape index (κ2) is 41.5. The lowest BCUT2D eigenvalue weighted by Gasteiger charge is -2.32. The molecule has 15 N–H and O–H groups in total. The third kappa shape index (κ3) is 21.0. The Kier molecular flexibility index (Phi) is 30.8. The smallest absolute Gasteiger partial charge is 0.326 e. The standard InChI is InChI=1S/C80H116N20O27S/c101-41-22-55(95(34-41)74(120)47-8-1-15-81-47)68(114)84-30-63(109)91-18-4-11-51(91)77(123)98-37-44(104)25-58(98)70(116)86-32-65(111)93-20-6-13-53(93)78(124)99-38-45(105)26-59(99)71(117)85-31-64(110)92-19-5-12-52(92)76(122)96-35-42(102)23-56(96)69(115)83-29-61(107)89-16-2-9-49(89)73(119)88-48(40-128)67(113)82-28-62(108)90-17-3-10-50(90)75(121)97-36-43(103)24-57(97)72(118)87-33-66(112)94-21-7-14-54(94)79(125)100-39-46(106)27-60(100)80(126)127/h41-60,81,101-106,128H,1-40H2,(H,82,113)(H,83,115)(H,84,114)(H,85,117)(H,86,116)(H,87,118)(H,88,119)(H,126,127)/t41-,42-,43-,44-,45-,46-,47+,48+,49+,50+,51+,52+,53+,54+,55+,56+,57+,58+,59+,60+/m1/s1. The second-order valence-electron chi connectivity index (χ2n) is 35.4. The van der Waals surface area contributed by atoms with E-state index in [0.717, 1.165) is 30.9 Å². The lowest BCUT2D eigenvalue weighted by molar-refractivity contribution is -0.151. The van der Waals surface area contributed by atoms with Crippen molar-refractivity contribution in [3.63, 3.8) is 0 Å². The number of carbonyl (C=O) groups excluding carboxylic acids is 19. The van der Waals surface area contributed by atoms with Crippen LogP contribution >= 0.6 is 12.6 Å².